The first-order chi connectivity index (χ1) is 21.7. The zero-order valence-corrected chi connectivity index (χ0v) is 28.7. The normalized spacial score (nSPS) is 13.9. The standard InChI is InChI=1S/C43H42N2O/c1-41(2,3)23-11-14-33-27(17-23)30-19-25(43(7,8)9)20-31-29-21-28-26-13-16-37(46-10)38-32-18-24(42(4,5)6)12-15-34(32)45(40(26)38)35(28)22-36(29)44(33)39(30)31/h11-22H,1-10H3. The fourth-order valence-corrected chi connectivity index (χ4v) is 8.10. The number of hydrogen-bond acceptors (Lipinski definition) is 1. The van der Waals surface area contributed by atoms with Crippen LogP contribution < -0.4 is 4.74 Å². The fourth-order valence-electron chi connectivity index (χ4n) is 8.10. The van der Waals surface area contributed by atoms with Gasteiger partial charge >= 0.3 is 0 Å². The van der Waals surface area contributed by atoms with Crippen molar-refractivity contribution >= 4 is 76.2 Å². The molecule has 230 valence electrons. The van der Waals surface area contributed by atoms with Crippen molar-refractivity contribution in [3.05, 3.63) is 89.5 Å². The fraction of sp³-hybridized carbons (Fsp3) is 0.302. The van der Waals surface area contributed by atoms with Gasteiger partial charge in [0.15, 0.2) is 0 Å². The van der Waals surface area contributed by atoms with Gasteiger partial charge in [-0.25, -0.2) is 0 Å². The van der Waals surface area contributed by atoms with E-state index in [0.717, 1.165) is 5.75 Å². The summed E-state index contributed by atoms with van der Waals surface area (Å²) in [5.41, 5.74) is 11.9. The maximum Gasteiger partial charge on any atom is 0.128 e. The number of rotatable bonds is 1. The molecule has 0 saturated carbocycles. The van der Waals surface area contributed by atoms with Gasteiger partial charge in [0.1, 0.15) is 5.75 Å². The van der Waals surface area contributed by atoms with Crippen LogP contribution in [0.4, 0.5) is 0 Å². The van der Waals surface area contributed by atoms with E-state index in [-0.39, 0.29) is 16.2 Å². The molecule has 0 aliphatic rings. The van der Waals surface area contributed by atoms with E-state index in [9.17, 15) is 0 Å². The molecule has 0 aliphatic heterocycles. The molecule has 9 aromatic rings. The van der Waals surface area contributed by atoms with E-state index in [1.54, 1.807) is 7.11 Å². The van der Waals surface area contributed by atoms with Gasteiger partial charge in [-0.2, -0.15) is 0 Å². The predicted molar refractivity (Wildman–Crippen MR) is 198 cm³/mol. The second kappa shape index (κ2) is 8.45. The topological polar surface area (TPSA) is 18.1 Å². The van der Waals surface area contributed by atoms with Crippen LogP contribution in [-0.4, -0.2) is 15.9 Å². The van der Waals surface area contributed by atoms with E-state index < -0.39 is 0 Å². The number of ether oxygens (including phenoxy) is 1. The van der Waals surface area contributed by atoms with Gasteiger partial charge in [0, 0.05) is 37.7 Å². The van der Waals surface area contributed by atoms with E-state index in [4.69, 9.17) is 4.74 Å². The minimum Gasteiger partial charge on any atom is -0.496 e. The van der Waals surface area contributed by atoms with E-state index in [1.165, 1.54) is 92.9 Å². The monoisotopic (exact) mass is 602 g/mol. The van der Waals surface area contributed by atoms with Gasteiger partial charge < -0.3 is 13.5 Å². The number of nitrogens with zero attached hydrogens (tertiary/aromatic N) is 2. The van der Waals surface area contributed by atoms with Crippen LogP contribution in [-0.2, 0) is 16.2 Å². The summed E-state index contributed by atoms with van der Waals surface area (Å²) in [6.45, 7) is 20.8. The van der Waals surface area contributed by atoms with Crippen LogP contribution in [0.1, 0.15) is 79.0 Å². The average Bonchev–Trinajstić information content (AvgIpc) is 3.70. The molecular weight excluding hydrogens is 560 g/mol. The van der Waals surface area contributed by atoms with Crippen LogP contribution in [0.15, 0.2) is 72.8 Å². The Kier molecular flexibility index (Phi) is 5.10. The van der Waals surface area contributed by atoms with Crippen LogP contribution in [0.3, 0.4) is 0 Å². The Hall–Kier alpha value is -4.50. The third-order valence-corrected chi connectivity index (χ3v) is 10.7. The molecule has 0 bridgehead atoms. The molecule has 0 amide bonds. The van der Waals surface area contributed by atoms with Gasteiger partial charge in [0.2, 0.25) is 0 Å². The summed E-state index contributed by atoms with van der Waals surface area (Å²) >= 11 is 0. The van der Waals surface area contributed by atoms with Gasteiger partial charge in [-0.3, -0.25) is 0 Å². The third-order valence-electron chi connectivity index (χ3n) is 10.7. The minimum atomic E-state index is 0.0333. The first-order valence-corrected chi connectivity index (χ1v) is 16.7. The van der Waals surface area contributed by atoms with Crippen molar-refractivity contribution in [2.24, 2.45) is 0 Å². The van der Waals surface area contributed by atoms with Crippen molar-refractivity contribution in [1.29, 1.82) is 0 Å². The molecular formula is C43H42N2O. The lowest BCUT2D eigenvalue weighted by Gasteiger charge is -2.20. The summed E-state index contributed by atoms with van der Waals surface area (Å²) in [7, 11) is 1.79. The second-order valence-corrected chi connectivity index (χ2v) is 16.7. The average molecular weight is 603 g/mol. The molecule has 0 unspecified atom stereocenters. The molecule has 5 aromatic carbocycles. The van der Waals surface area contributed by atoms with Crippen molar-refractivity contribution in [2.75, 3.05) is 7.11 Å². The third kappa shape index (κ3) is 3.44. The van der Waals surface area contributed by atoms with Crippen LogP contribution in [0, 0.1) is 0 Å². The highest BCUT2D eigenvalue weighted by atomic mass is 16.5. The van der Waals surface area contributed by atoms with Crippen molar-refractivity contribution in [3.63, 3.8) is 0 Å². The Morgan fingerprint density at radius 2 is 0.891 bits per heavy atom. The minimum absolute atomic E-state index is 0.0333. The zero-order valence-electron chi connectivity index (χ0n) is 28.7. The first kappa shape index (κ1) is 27.8. The Balaban J connectivity index is 1.50. The summed E-state index contributed by atoms with van der Waals surface area (Å²) in [4.78, 5) is 0. The molecule has 0 fully saturated rings. The van der Waals surface area contributed by atoms with Crippen LogP contribution in [0.25, 0.3) is 76.2 Å². The lowest BCUT2D eigenvalue weighted by Crippen LogP contribution is -2.11. The van der Waals surface area contributed by atoms with Crippen molar-refractivity contribution in [2.45, 2.75) is 78.6 Å². The molecule has 9 rings (SSSR count). The lowest BCUT2D eigenvalue weighted by atomic mass is 9.84. The molecule has 4 aromatic heterocycles. The van der Waals surface area contributed by atoms with Crippen molar-refractivity contribution < 1.29 is 4.74 Å². The maximum absolute atomic E-state index is 6.02. The Labute approximate surface area is 270 Å². The van der Waals surface area contributed by atoms with Crippen LogP contribution in [0.2, 0.25) is 0 Å². The second-order valence-electron chi connectivity index (χ2n) is 16.7. The molecule has 0 radical (unpaired) electrons. The molecule has 0 atom stereocenters. The van der Waals surface area contributed by atoms with Crippen LogP contribution >= 0.6 is 0 Å². The molecule has 46 heavy (non-hydrogen) atoms. The molecule has 0 aliphatic carbocycles. The lowest BCUT2D eigenvalue weighted by molar-refractivity contribution is 0.420. The summed E-state index contributed by atoms with van der Waals surface area (Å²) in [6, 6.07) is 28.4. The van der Waals surface area contributed by atoms with Gasteiger partial charge in [-0.15, -0.1) is 0 Å². The smallest absolute Gasteiger partial charge is 0.128 e. The van der Waals surface area contributed by atoms with Gasteiger partial charge in [0.25, 0.3) is 0 Å². The molecule has 4 heterocycles. The highest BCUT2D eigenvalue weighted by Gasteiger charge is 2.27. The quantitative estimate of drug-likeness (QED) is 0.183. The zero-order chi connectivity index (χ0) is 32.2. The highest BCUT2D eigenvalue weighted by Crippen LogP contribution is 2.48. The summed E-state index contributed by atoms with van der Waals surface area (Å²) < 4.78 is 11.1. The number of methoxy groups -OCH3 is 1. The van der Waals surface area contributed by atoms with Crippen LogP contribution in [0.5, 0.6) is 5.75 Å². The number of aromatic nitrogens is 2. The predicted octanol–water partition coefficient (Wildman–Crippen LogP) is 11.9. The largest absolute Gasteiger partial charge is 0.496 e. The Morgan fingerprint density at radius 1 is 0.413 bits per heavy atom. The number of benzene rings is 5. The molecule has 3 nitrogen and oxygen atoms in total. The SMILES string of the molecule is COc1ccc2c3cc4c5cc(C(C)(C)C)cc6c7cc(C(C)(C)C)ccc7n(c4cc3n3c4ccc(C(C)(C)C)cc4c1c23)c65. The first-order valence-electron chi connectivity index (χ1n) is 16.7. The Morgan fingerprint density at radius 3 is 1.46 bits per heavy atom. The molecule has 0 N–H and O–H groups in total. The highest BCUT2D eigenvalue weighted by molar-refractivity contribution is 6.30. The van der Waals surface area contributed by atoms with E-state index in [1.807, 2.05) is 0 Å². The van der Waals surface area contributed by atoms with Crippen molar-refractivity contribution in [3.8, 4) is 5.75 Å². The van der Waals surface area contributed by atoms with Crippen molar-refractivity contribution in [1.82, 2.24) is 8.80 Å². The number of hydrogen-bond donors (Lipinski definition) is 0. The molecule has 0 spiro atoms. The van der Waals surface area contributed by atoms with E-state index >= 15 is 0 Å². The summed E-state index contributed by atoms with van der Waals surface area (Å²) in [5.74, 6) is 0.932. The van der Waals surface area contributed by atoms with Gasteiger partial charge in [-0.05, 0) is 93.6 Å². The molecule has 3 heteroatoms. The Bertz CT molecular complexity index is 2710. The van der Waals surface area contributed by atoms with Gasteiger partial charge in [-0.1, -0.05) is 74.4 Å². The summed E-state index contributed by atoms with van der Waals surface area (Å²) in [6.07, 6.45) is 0. The van der Waals surface area contributed by atoms with E-state index in [2.05, 4.69) is 144 Å². The van der Waals surface area contributed by atoms with Gasteiger partial charge in [0.05, 0.1) is 45.6 Å². The maximum atomic E-state index is 6.02. The number of fused-ring (bicyclic) bond motifs is 12. The van der Waals surface area contributed by atoms with E-state index in [0.29, 0.717) is 0 Å². The summed E-state index contributed by atoms with van der Waals surface area (Å²) in [5, 5.41) is 10.4. The molecule has 0 saturated heterocycles.